The van der Waals surface area contributed by atoms with Crippen molar-refractivity contribution >= 4 is 47.6 Å². The molecule has 0 aliphatic rings. The van der Waals surface area contributed by atoms with E-state index < -0.39 is 0 Å². The summed E-state index contributed by atoms with van der Waals surface area (Å²) in [5.74, 6) is 1.83. The van der Waals surface area contributed by atoms with Crippen molar-refractivity contribution in [1.82, 2.24) is 15.5 Å². The second-order valence-corrected chi connectivity index (χ2v) is 5.48. The lowest BCUT2D eigenvalue weighted by molar-refractivity contribution is -0.127. The highest BCUT2D eigenvalue weighted by molar-refractivity contribution is 14.0. The summed E-state index contributed by atoms with van der Waals surface area (Å²) in [6.07, 6.45) is 4.38. The van der Waals surface area contributed by atoms with Crippen molar-refractivity contribution in [1.29, 1.82) is 0 Å². The van der Waals surface area contributed by atoms with Gasteiger partial charge in [0, 0.05) is 34.3 Å². The number of aliphatic imine (C=N–C) groups is 1. The molecule has 0 aromatic rings. The van der Waals surface area contributed by atoms with Crippen molar-refractivity contribution in [2.45, 2.75) is 12.8 Å². The fourth-order valence-corrected chi connectivity index (χ4v) is 1.80. The molecule has 1 amide bonds. The number of ether oxygens (including phenoxy) is 1. The molecule has 0 atom stereocenters. The van der Waals surface area contributed by atoms with E-state index in [0.29, 0.717) is 19.1 Å². The Morgan fingerprint density at radius 1 is 1.24 bits per heavy atom. The number of carbonyl (C=O) groups excluding carboxylic acids is 1. The van der Waals surface area contributed by atoms with Crippen LogP contribution in [0.25, 0.3) is 0 Å². The Hall–Kier alpha value is -0.220. The molecule has 0 aromatic heterocycles. The largest absolute Gasteiger partial charge is 0.383 e. The molecule has 0 fully saturated rings. The van der Waals surface area contributed by atoms with Gasteiger partial charge in [-0.3, -0.25) is 4.79 Å². The molecule has 0 saturated carbocycles. The molecule has 2 N–H and O–H groups in total. The Balaban J connectivity index is 0. The number of nitrogens with one attached hydrogen (secondary N) is 2. The lowest BCUT2D eigenvalue weighted by atomic mass is 10.3. The smallest absolute Gasteiger partial charge is 0.243 e. The molecule has 0 aliphatic heterocycles. The van der Waals surface area contributed by atoms with Crippen LogP contribution in [0.2, 0.25) is 0 Å². The van der Waals surface area contributed by atoms with Crippen LogP contribution in [0.3, 0.4) is 0 Å². The monoisotopic (exact) mass is 432 g/mol. The SMILES string of the molecule is COCCNC(=NCC(=O)N(C)C)NCCCCSC.I. The number of unbranched alkanes of at least 4 members (excludes halogenated alkanes) is 1. The number of hydrogen-bond acceptors (Lipinski definition) is 4. The molecule has 6 nitrogen and oxygen atoms in total. The van der Waals surface area contributed by atoms with Crippen molar-refractivity contribution < 1.29 is 9.53 Å². The Bertz CT molecular complexity index is 291. The molecule has 0 bridgehead atoms. The van der Waals surface area contributed by atoms with Gasteiger partial charge in [0.15, 0.2) is 5.96 Å². The number of methoxy groups -OCH3 is 1. The molecule has 0 saturated heterocycles. The summed E-state index contributed by atoms with van der Waals surface area (Å²) < 4.78 is 4.99. The zero-order valence-corrected chi connectivity index (χ0v) is 16.6. The van der Waals surface area contributed by atoms with Gasteiger partial charge in [0.05, 0.1) is 6.61 Å². The zero-order valence-electron chi connectivity index (χ0n) is 13.5. The lowest BCUT2D eigenvalue weighted by Crippen LogP contribution is -2.40. The summed E-state index contributed by atoms with van der Waals surface area (Å²) in [4.78, 5) is 17.3. The van der Waals surface area contributed by atoms with Crippen LogP contribution in [-0.4, -0.2) is 76.2 Å². The van der Waals surface area contributed by atoms with E-state index in [0.717, 1.165) is 13.0 Å². The standard InChI is InChI=1S/C13H28N4O2S.HI/c1-17(2)12(18)11-16-13(15-8-9-19-3)14-7-5-6-10-20-4;/h5-11H2,1-4H3,(H2,14,15,16);1H. The number of hydrogen-bond donors (Lipinski definition) is 2. The van der Waals surface area contributed by atoms with Crippen molar-refractivity contribution in [3.05, 3.63) is 0 Å². The second-order valence-electron chi connectivity index (χ2n) is 4.50. The molecule has 0 heterocycles. The van der Waals surface area contributed by atoms with E-state index in [1.54, 1.807) is 21.2 Å². The zero-order chi connectivity index (χ0) is 15.2. The Labute approximate surface area is 149 Å². The molecule has 0 spiro atoms. The molecule has 21 heavy (non-hydrogen) atoms. The van der Waals surface area contributed by atoms with Crippen LogP contribution in [0.5, 0.6) is 0 Å². The van der Waals surface area contributed by atoms with Gasteiger partial charge >= 0.3 is 0 Å². The third kappa shape index (κ3) is 14.5. The maximum Gasteiger partial charge on any atom is 0.243 e. The van der Waals surface area contributed by atoms with Gasteiger partial charge in [0.2, 0.25) is 5.91 Å². The number of likely N-dealkylation sites (N-methyl/N-ethyl adjacent to an activating group) is 1. The number of rotatable bonds is 10. The number of guanidine groups is 1. The number of thioether (sulfide) groups is 1. The fraction of sp³-hybridized carbons (Fsp3) is 0.846. The summed E-state index contributed by atoms with van der Waals surface area (Å²) in [6.45, 7) is 2.29. The topological polar surface area (TPSA) is 66.0 Å². The van der Waals surface area contributed by atoms with Crippen LogP contribution in [0.4, 0.5) is 0 Å². The first-order chi connectivity index (χ1) is 9.61. The second kappa shape index (κ2) is 16.2. The van der Waals surface area contributed by atoms with Gasteiger partial charge < -0.3 is 20.3 Å². The maximum absolute atomic E-state index is 11.5. The third-order valence-corrected chi connectivity index (χ3v) is 3.23. The molecule has 0 aromatic carbocycles. The Morgan fingerprint density at radius 3 is 2.48 bits per heavy atom. The Kier molecular flexibility index (Phi) is 17.7. The van der Waals surface area contributed by atoms with Crippen molar-refractivity contribution in [3.8, 4) is 0 Å². The molecule has 0 radical (unpaired) electrons. The minimum atomic E-state index is -0.0137. The van der Waals surface area contributed by atoms with E-state index in [1.165, 1.54) is 17.1 Å². The van der Waals surface area contributed by atoms with Crippen molar-refractivity contribution in [2.24, 2.45) is 4.99 Å². The van der Waals surface area contributed by atoms with E-state index in [2.05, 4.69) is 21.9 Å². The maximum atomic E-state index is 11.5. The van der Waals surface area contributed by atoms with E-state index >= 15 is 0 Å². The van der Waals surface area contributed by atoms with Gasteiger partial charge in [-0.25, -0.2) is 4.99 Å². The predicted octanol–water partition coefficient (Wildman–Crippen LogP) is 1.02. The highest BCUT2D eigenvalue weighted by atomic mass is 127. The van der Waals surface area contributed by atoms with Gasteiger partial charge in [-0.2, -0.15) is 11.8 Å². The van der Waals surface area contributed by atoms with E-state index in [1.807, 2.05) is 11.8 Å². The summed E-state index contributed by atoms with van der Waals surface area (Å²) in [5.41, 5.74) is 0. The third-order valence-electron chi connectivity index (χ3n) is 2.54. The van der Waals surface area contributed by atoms with Crippen LogP contribution >= 0.6 is 35.7 Å². The first-order valence-electron chi connectivity index (χ1n) is 6.82. The van der Waals surface area contributed by atoms with Crippen LogP contribution in [0, 0.1) is 0 Å². The van der Waals surface area contributed by atoms with Gasteiger partial charge in [-0.05, 0) is 24.9 Å². The highest BCUT2D eigenvalue weighted by Crippen LogP contribution is 1.97. The molecular weight excluding hydrogens is 403 g/mol. The first kappa shape index (κ1) is 23.1. The van der Waals surface area contributed by atoms with E-state index in [4.69, 9.17) is 4.74 Å². The average molecular weight is 432 g/mol. The van der Waals surface area contributed by atoms with Gasteiger partial charge in [-0.15, -0.1) is 24.0 Å². The van der Waals surface area contributed by atoms with Gasteiger partial charge in [0.25, 0.3) is 0 Å². The number of amides is 1. The number of carbonyl (C=O) groups is 1. The summed E-state index contributed by atoms with van der Waals surface area (Å²) >= 11 is 1.85. The number of halogens is 1. The highest BCUT2D eigenvalue weighted by Gasteiger charge is 2.04. The van der Waals surface area contributed by atoms with Gasteiger partial charge in [0.1, 0.15) is 6.54 Å². The summed E-state index contributed by atoms with van der Waals surface area (Å²) in [6, 6.07) is 0. The molecule has 8 heteroatoms. The fourth-order valence-electron chi connectivity index (χ4n) is 1.31. The summed E-state index contributed by atoms with van der Waals surface area (Å²) in [5, 5.41) is 6.38. The summed E-state index contributed by atoms with van der Waals surface area (Å²) in [7, 11) is 5.11. The van der Waals surface area contributed by atoms with Gasteiger partial charge in [-0.1, -0.05) is 0 Å². The van der Waals surface area contributed by atoms with E-state index in [9.17, 15) is 4.79 Å². The van der Waals surface area contributed by atoms with Crippen LogP contribution in [0.1, 0.15) is 12.8 Å². The van der Waals surface area contributed by atoms with Crippen molar-refractivity contribution in [3.63, 3.8) is 0 Å². The average Bonchev–Trinajstić information content (AvgIpc) is 2.43. The molecule has 0 rings (SSSR count). The molecular formula is C13H29IN4O2S. The van der Waals surface area contributed by atoms with Crippen molar-refractivity contribution in [2.75, 3.05) is 59.5 Å². The molecule has 0 unspecified atom stereocenters. The quantitative estimate of drug-likeness (QED) is 0.234. The minimum absolute atomic E-state index is 0. The van der Waals surface area contributed by atoms with Crippen LogP contribution in [-0.2, 0) is 9.53 Å². The normalized spacial score (nSPS) is 10.8. The Morgan fingerprint density at radius 2 is 1.90 bits per heavy atom. The van der Waals surface area contributed by atoms with Crippen LogP contribution < -0.4 is 10.6 Å². The number of nitrogens with zero attached hydrogens (tertiary/aromatic N) is 2. The minimum Gasteiger partial charge on any atom is -0.383 e. The van der Waals surface area contributed by atoms with E-state index in [-0.39, 0.29) is 36.4 Å². The van der Waals surface area contributed by atoms with Crippen LogP contribution in [0.15, 0.2) is 4.99 Å². The predicted molar refractivity (Wildman–Crippen MR) is 102 cm³/mol. The molecule has 126 valence electrons. The molecule has 0 aliphatic carbocycles. The lowest BCUT2D eigenvalue weighted by Gasteiger charge is -2.13. The first-order valence-corrected chi connectivity index (χ1v) is 8.21.